The van der Waals surface area contributed by atoms with Crippen molar-refractivity contribution in [2.24, 2.45) is 5.92 Å². The van der Waals surface area contributed by atoms with Crippen molar-refractivity contribution in [3.63, 3.8) is 0 Å². The molecule has 1 aromatic carbocycles. The highest BCUT2D eigenvalue weighted by Gasteiger charge is 2.30. The molecule has 4 atom stereocenters. The van der Waals surface area contributed by atoms with Crippen molar-refractivity contribution in [3.8, 4) is 11.5 Å². The van der Waals surface area contributed by atoms with Gasteiger partial charge in [0.2, 0.25) is 5.75 Å². The molecule has 0 radical (unpaired) electrons. The molecule has 8 nitrogen and oxygen atoms in total. The van der Waals surface area contributed by atoms with E-state index in [0.29, 0.717) is 0 Å². The van der Waals surface area contributed by atoms with E-state index in [0.717, 1.165) is 12.0 Å². The topological polar surface area (TPSA) is 104 Å². The quantitative estimate of drug-likeness (QED) is 0.541. The zero-order valence-corrected chi connectivity index (χ0v) is 20.0. The molecule has 178 valence electrons. The SMILES string of the molecule is CCC(C)[C@@H](c1ccccc1)C(C)OC(=O)[C@H](C)NC(=O)c1nccc(OC)c1OC(C)=O. The van der Waals surface area contributed by atoms with Crippen LogP contribution < -0.4 is 14.8 Å². The van der Waals surface area contributed by atoms with Gasteiger partial charge in [0.15, 0.2) is 11.4 Å². The highest BCUT2D eigenvalue weighted by molar-refractivity contribution is 5.98. The maximum absolute atomic E-state index is 12.8. The zero-order chi connectivity index (χ0) is 24.5. The monoisotopic (exact) mass is 456 g/mol. The average Bonchev–Trinajstić information content (AvgIpc) is 2.79. The Morgan fingerprint density at radius 2 is 1.73 bits per heavy atom. The molecule has 2 rings (SSSR count). The predicted octanol–water partition coefficient (Wildman–Crippen LogP) is 3.90. The largest absolute Gasteiger partial charge is 0.493 e. The third-order valence-corrected chi connectivity index (χ3v) is 5.50. The highest BCUT2D eigenvalue weighted by atomic mass is 16.6. The van der Waals surface area contributed by atoms with E-state index in [9.17, 15) is 14.4 Å². The summed E-state index contributed by atoms with van der Waals surface area (Å²) >= 11 is 0. The van der Waals surface area contributed by atoms with Gasteiger partial charge in [-0.15, -0.1) is 0 Å². The normalized spacial score (nSPS) is 14.4. The van der Waals surface area contributed by atoms with Gasteiger partial charge in [-0.05, 0) is 25.3 Å². The van der Waals surface area contributed by atoms with Gasteiger partial charge in [-0.1, -0.05) is 50.6 Å². The molecule has 2 unspecified atom stereocenters. The van der Waals surface area contributed by atoms with Crippen LogP contribution in [0.25, 0.3) is 0 Å². The van der Waals surface area contributed by atoms with Gasteiger partial charge in [0.25, 0.3) is 5.91 Å². The second kappa shape index (κ2) is 12.0. The van der Waals surface area contributed by atoms with E-state index in [4.69, 9.17) is 14.2 Å². The second-order valence-corrected chi connectivity index (χ2v) is 7.94. The molecule has 1 N–H and O–H groups in total. The van der Waals surface area contributed by atoms with E-state index in [1.54, 1.807) is 0 Å². The standard InChI is InChI=1S/C25H32N2O6/c1-7-15(2)21(19-11-9-8-10-12-19)17(4)32-25(30)16(3)27-24(29)22-23(33-18(5)28)20(31-6)13-14-26-22/h8-17,21H,7H2,1-6H3,(H,27,29)/t15?,16-,17?,21+/m0/s1. The van der Waals surface area contributed by atoms with Crippen LogP contribution in [0.1, 0.15) is 63.0 Å². The van der Waals surface area contributed by atoms with Crippen LogP contribution in [0.4, 0.5) is 0 Å². The molecule has 2 aromatic rings. The van der Waals surface area contributed by atoms with Crippen LogP contribution in [0.5, 0.6) is 11.5 Å². The summed E-state index contributed by atoms with van der Waals surface area (Å²) in [5.74, 6) is -1.53. The fourth-order valence-electron chi connectivity index (χ4n) is 3.67. The van der Waals surface area contributed by atoms with Crippen LogP contribution in [-0.4, -0.2) is 42.1 Å². The molecule has 8 heteroatoms. The lowest BCUT2D eigenvalue weighted by Crippen LogP contribution is -2.42. The molecule has 33 heavy (non-hydrogen) atoms. The highest BCUT2D eigenvalue weighted by Crippen LogP contribution is 2.32. The molecule has 0 bridgehead atoms. The number of hydrogen-bond acceptors (Lipinski definition) is 7. The van der Waals surface area contributed by atoms with Crippen LogP contribution >= 0.6 is 0 Å². The van der Waals surface area contributed by atoms with Gasteiger partial charge in [-0.25, -0.2) is 9.78 Å². The maximum atomic E-state index is 12.8. The van der Waals surface area contributed by atoms with Crippen LogP contribution in [0.2, 0.25) is 0 Å². The first-order chi connectivity index (χ1) is 15.7. The van der Waals surface area contributed by atoms with Gasteiger partial charge in [0, 0.05) is 25.1 Å². The molecule has 1 heterocycles. The number of ether oxygens (including phenoxy) is 3. The molecule has 0 saturated carbocycles. The van der Waals surface area contributed by atoms with Gasteiger partial charge >= 0.3 is 11.9 Å². The Balaban J connectivity index is 2.14. The number of aromatic nitrogens is 1. The molecule has 0 aliphatic heterocycles. The lowest BCUT2D eigenvalue weighted by Gasteiger charge is -2.30. The number of esters is 2. The number of rotatable bonds is 10. The summed E-state index contributed by atoms with van der Waals surface area (Å²) in [5, 5.41) is 2.57. The first-order valence-corrected chi connectivity index (χ1v) is 11.0. The number of nitrogens with one attached hydrogen (secondary N) is 1. The number of amides is 1. The van der Waals surface area contributed by atoms with E-state index in [1.807, 2.05) is 37.3 Å². The smallest absolute Gasteiger partial charge is 0.328 e. The van der Waals surface area contributed by atoms with E-state index in [2.05, 4.69) is 24.1 Å². The van der Waals surface area contributed by atoms with Gasteiger partial charge in [0.1, 0.15) is 12.1 Å². The fourth-order valence-corrected chi connectivity index (χ4v) is 3.67. The van der Waals surface area contributed by atoms with E-state index >= 15 is 0 Å². The summed E-state index contributed by atoms with van der Waals surface area (Å²) in [6, 6.07) is 10.4. The molecule has 0 aliphatic carbocycles. The van der Waals surface area contributed by atoms with Crippen molar-refractivity contribution in [1.29, 1.82) is 0 Å². The lowest BCUT2D eigenvalue weighted by molar-refractivity contribution is -0.151. The second-order valence-electron chi connectivity index (χ2n) is 7.94. The predicted molar refractivity (Wildman–Crippen MR) is 123 cm³/mol. The average molecular weight is 457 g/mol. The van der Waals surface area contributed by atoms with Crippen molar-refractivity contribution < 1.29 is 28.6 Å². The molecule has 0 fully saturated rings. The first kappa shape index (κ1) is 25.8. The van der Waals surface area contributed by atoms with Gasteiger partial charge < -0.3 is 19.5 Å². The Labute approximate surface area is 194 Å². The van der Waals surface area contributed by atoms with Crippen molar-refractivity contribution in [3.05, 3.63) is 53.9 Å². The number of hydrogen-bond donors (Lipinski definition) is 1. The summed E-state index contributed by atoms with van der Waals surface area (Å²) in [6.07, 6.45) is 1.87. The van der Waals surface area contributed by atoms with E-state index in [-0.39, 0.29) is 29.0 Å². The number of carbonyl (C=O) groups excluding carboxylic acids is 3. The Bertz CT molecular complexity index is 963. The van der Waals surface area contributed by atoms with Gasteiger partial charge in [0.05, 0.1) is 7.11 Å². The number of carbonyl (C=O) groups is 3. The minimum atomic E-state index is -0.952. The molecular weight excluding hydrogens is 424 g/mol. The van der Waals surface area contributed by atoms with Crippen molar-refractivity contribution in [1.82, 2.24) is 10.3 Å². The Morgan fingerprint density at radius 3 is 2.30 bits per heavy atom. The Morgan fingerprint density at radius 1 is 1.06 bits per heavy atom. The third-order valence-electron chi connectivity index (χ3n) is 5.50. The van der Waals surface area contributed by atoms with E-state index < -0.39 is 30.0 Å². The lowest BCUT2D eigenvalue weighted by atomic mass is 9.82. The van der Waals surface area contributed by atoms with Crippen LogP contribution in [0.3, 0.4) is 0 Å². The summed E-state index contributed by atoms with van der Waals surface area (Å²) in [7, 11) is 1.38. The van der Waals surface area contributed by atoms with Crippen LogP contribution in [0.15, 0.2) is 42.6 Å². The summed E-state index contributed by atoms with van der Waals surface area (Å²) in [5.41, 5.74) is 0.925. The van der Waals surface area contributed by atoms with Crippen LogP contribution in [0, 0.1) is 5.92 Å². The molecular formula is C25H32N2O6. The first-order valence-electron chi connectivity index (χ1n) is 11.0. The maximum Gasteiger partial charge on any atom is 0.328 e. The van der Waals surface area contributed by atoms with E-state index in [1.165, 1.54) is 33.2 Å². The summed E-state index contributed by atoms with van der Waals surface area (Å²) < 4.78 is 16.0. The fraction of sp³-hybridized carbons (Fsp3) is 0.440. The third kappa shape index (κ3) is 6.78. The Hall–Kier alpha value is -3.42. The van der Waals surface area contributed by atoms with Crippen molar-refractivity contribution in [2.45, 2.75) is 59.1 Å². The molecule has 1 amide bonds. The molecule has 1 aromatic heterocycles. The molecule has 0 aliphatic rings. The molecule has 0 saturated heterocycles. The summed E-state index contributed by atoms with van der Waals surface area (Å²) in [4.78, 5) is 41.0. The summed E-state index contributed by atoms with van der Waals surface area (Å²) in [6.45, 7) is 8.81. The Kier molecular flexibility index (Phi) is 9.39. The zero-order valence-electron chi connectivity index (χ0n) is 20.0. The number of methoxy groups -OCH3 is 1. The minimum absolute atomic E-state index is 0.0127. The van der Waals surface area contributed by atoms with Crippen molar-refractivity contribution >= 4 is 17.8 Å². The number of pyridine rings is 1. The number of benzene rings is 1. The van der Waals surface area contributed by atoms with Crippen LogP contribution in [-0.2, 0) is 14.3 Å². The molecule has 0 spiro atoms. The van der Waals surface area contributed by atoms with Crippen molar-refractivity contribution in [2.75, 3.05) is 7.11 Å². The van der Waals surface area contributed by atoms with Gasteiger partial charge in [-0.3, -0.25) is 9.59 Å². The minimum Gasteiger partial charge on any atom is -0.493 e. The van der Waals surface area contributed by atoms with Gasteiger partial charge in [-0.2, -0.15) is 0 Å². The number of nitrogens with zero attached hydrogens (tertiary/aromatic N) is 1.